The van der Waals surface area contributed by atoms with Crippen LogP contribution >= 0.6 is 11.6 Å². The van der Waals surface area contributed by atoms with Crippen molar-refractivity contribution in [3.63, 3.8) is 0 Å². The summed E-state index contributed by atoms with van der Waals surface area (Å²) in [4.78, 5) is 4.14. The lowest BCUT2D eigenvalue weighted by molar-refractivity contribution is 0.622. The minimum atomic E-state index is 0.0484. The quantitative estimate of drug-likeness (QED) is 0.784. The molecule has 0 amide bonds. The van der Waals surface area contributed by atoms with Crippen molar-refractivity contribution in [2.45, 2.75) is 25.8 Å². The average Bonchev–Trinajstić information content (AvgIpc) is 2.06. The maximum absolute atomic E-state index is 5.85. The fourth-order valence-corrected chi connectivity index (χ4v) is 1.18. The molecule has 2 N–H and O–H groups in total. The molecule has 1 unspecified atom stereocenters. The van der Waals surface area contributed by atoms with E-state index in [-0.39, 0.29) is 6.04 Å². The molecule has 0 spiro atoms. The van der Waals surface area contributed by atoms with Crippen molar-refractivity contribution in [3.05, 3.63) is 29.0 Å². The second-order valence-corrected chi connectivity index (χ2v) is 3.23. The molecule has 1 atom stereocenters. The van der Waals surface area contributed by atoms with Gasteiger partial charge in [-0.2, -0.15) is 0 Å². The summed E-state index contributed by atoms with van der Waals surface area (Å²) in [5, 5.41) is 0.655. The fourth-order valence-electron chi connectivity index (χ4n) is 1.07. The van der Waals surface area contributed by atoms with Gasteiger partial charge in [-0.1, -0.05) is 24.9 Å². The number of nitrogens with two attached hydrogens (primary N) is 1. The van der Waals surface area contributed by atoms with Crippen LogP contribution in [0.1, 0.15) is 31.5 Å². The van der Waals surface area contributed by atoms with Crippen molar-refractivity contribution in [2.75, 3.05) is 0 Å². The first-order valence-corrected chi connectivity index (χ1v) is 4.49. The molecule has 0 aliphatic carbocycles. The van der Waals surface area contributed by atoms with E-state index in [9.17, 15) is 0 Å². The minimum absolute atomic E-state index is 0.0484. The Hall–Kier alpha value is -0.600. The van der Waals surface area contributed by atoms with Crippen LogP contribution in [0.4, 0.5) is 0 Å². The number of hydrogen-bond acceptors (Lipinski definition) is 2. The van der Waals surface area contributed by atoms with Crippen LogP contribution in [-0.2, 0) is 0 Å². The van der Waals surface area contributed by atoms with Gasteiger partial charge in [-0.15, -0.1) is 0 Å². The van der Waals surface area contributed by atoms with Crippen LogP contribution in [0.15, 0.2) is 18.3 Å². The lowest BCUT2D eigenvalue weighted by Crippen LogP contribution is -2.11. The van der Waals surface area contributed by atoms with Crippen LogP contribution < -0.4 is 5.73 Å². The fraction of sp³-hybridized carbons (Fsp3) is 0.444. The smallest absolute Gasteiger partial charge is 0.0589 e. The van der Waals surface area contributed by atoms with Gasteiger partial charge >= 0.3 is 0 Å². The van der Waals surface area contributed by atoms with Crippen LogP contribution in [0.3, 0.4) is 0 Å². The highest BCUT2D eigenvalue weighted by molar-refractivity contribution is 6.30. The Bertz CT molecular complexity index is 233. The Kier molecular flexibility index (Phi) is 3.50. The highest BCUT2D eigenvalue weighted by Crippen LogP contribution is 2.14. The largest absolute Gasteiger partial charge is 0.323 e. The summed E-state index contributed by atoms with van der Waals surface area (Å²) in [6.45, 7) is 2.11. The zero-order valence-corrected chi connectivity index (χ0v) is 7.88. The molecule has 0 saturated heterocycles. The number of rotatable bonds is 3. The van der Waals surface area contributed by atoms with E-state index in [1.165, 1.54) is 0 Å². The molecule has 0 aliphatic rings. The SMILES string of the molecule is CCCC(N)c1ccc(Cl)cn1. The first-order chi connectivity index (χ1) is 5.74. The van der Waals surface area contributed by atoms with E-state index in [0.29, 0.717) is 5.02 Å². The molecule has 0 aliphatic heterocycles. The first kappa shape index (κ1) is 9.49. The number of nitrogens with zero attached hydrogens (tertiary/aromatic N) is 1. The van der Waals surface area contributed by atoms with Crippen LogP contribution in [0, 0.1) is 0 Å². The molecule has 1 rings (SSSR count). The lowest BCUT2D eigenvalue weighted by atomic mass is 10.1. The topological polar surface area (TPSA) is 38.9 Å². The lowest BCUT2D eigenvalue weighted by Gasteiger charge is -2.08. The summed E-state index contributed by atoms with van der Waals surface area (Å²) in [6, 6.07) is 3.74. The molecule has 12 heavy (non-hydrogen) atoms. The van der Waals surface area contributed by atoms with Gasteiger partial charge in [-0.05, 0) is 18.6 Å². The van der Waals surface area contributed by atoms with Gasteiger partial charge in [-0.25, -0.2) is 0 Å². The maximum Gasteiger partial charge on any atom is 0.0589 e. The van der Waals surface area contributed by atoms with Crippen molar-refractivity contribution in [1.29, 1.82) is 0 Å². The number of aromatic nitrogens is 1. The van der Waals surface area contributed by atoms with Crippen molar-refractivity contribution in [2.24, 2.45) is 5.73 Å². The van der Waals surface area contributed by atoms with Gasteiger partial charge in [0.15, 0.2) is 0 Å². The highest BCUT2D eigenvalue weighted by atomic mass is 35.5. The highest BCUT2D eigenvalue weighted by Gasteiger charge is 2.04. The summed E-state index contributed by atoms with van der Waals surface area (Å²) in [5.41, 5.74) is 6.77. The molecule has 0 bridgehead atoms. The standard InChI is InChI=1S/C9H13ClN2/c1-2-3-8(11)9-5-4-7(10)6-12-9/h4-6,8H,2-3,11H2,1H3. The molecule has 0 aromatic carbocycles. The Balaban J connectivity index is 2.68. The third-order valence-corrected chi connectivity index (χ3v) is 1.95. The average molecular weight is 185 g/mol. The number of pyridine rings is 1. The van der Waals surface area contributed by atoms with E-state index in [4.69, 9.17) is 17.3 Å². The van der Waals surface area contributed by atoms with Crippen LogP contribution in [-0.4, -0.2) is 4.98 Å². The Morgan fingerprint density at radius 3 is 2.83 bits per heavy atom. The zero-order valence-electron chi connectivity index (χ0n) is 7.13. The first-order valence-electron chi connectivity index (χ1n) is 4.11. The molecular weight excluding hydrogens is 172 g/mol. The van der Waals surface area contributed by atoms with Crippen molar-refractivity contribution in [1.82, 2.24) is 4.98 Å². The van der Waals surface area contributed by atoms with Crippen LogP contribution in [0.5, 0.6) is 0 Å². The van der Waals surface area contributed by atoms with Crippen LogP contribution in [0.25, 0.3) is 0 Å². The zero-order chi connectivity index (χ0) is 8.97. The molecule has 3 heteroatoms. The van der Waals surface area contributed by atoms with Gasteiger partial charge in [0.05, 0.1) is 10.7 Å². The molecule has 0 saturated carbocycles. The molecule has 1 heterocycles. The van der Waals surface area contributed by atoms with E-state index in [1.807, 2.05) is 12.1 Å². The number of hydrogen-bond donors (Lipinski definition) is 1. The van der Waals surface area contributed by atoms with Crippen LogP contribution in [0.2, 0.25) is 5.02 Å². The van der Waals surface area contributed by atoms with Gasteiger partial charge in [0.2, 0.25) is 0 Å². The monoisotopic (exact) mass is 184 g/mol. The summed E-state index contributed by atoms with van der Waals surface area (Å²) < 4.78 is 0. The minimum Gasteiger partial charge on any atom is -0.323 e. The molecule has 0 radical (unpaired) electrons. The third kappa shape index (κ3) is 2.47. The van der Waals surface area contributed by atoms with E-state index in [1.54, 1.807) is 6.20 Å². The summed E-state index contributed by atoms with van der Waals surface area (Å²) >= 11 is 5.69. The van der Waals surface area contributed by atoms with Gasteiger partial charge in [0.25, 0.3) is 0 Å². The summed E-state index contributed by atoms with van der Waals surface area (Å²) in [6.07, 6.45) is 3.67. The Morgan fingerprint density at radius 1 is 1.58 bits per heavy atom. The van der Waals surface area contributed by atoms with Crippen molar-refractivity contribution < 1.29 is 0 Å². The van der Waals surface area contributed by atoms with Crippen molar-refractivity contribution >= 4 is 11.6 Å². The maximum atomic E-state index is 5.85. The van der Waals surface area contributed by atoms with Gasteiger partial charge in [-0.3, -0.25) is 4.98 Å². The molecule has 66 valence electrons. The molecule has 1 aromatic heterocycles. The van der Waals surface area contributed by atoms with Gasteiger partial charge < -0.3 is 5.73 Å². The second-order valence-electron chi connectivity index (χ2n) is 2.80. The van der Waals surface area contributed by atoms with E-state index in [0.717, 1.165) is 18.5 Å². The molecule has 2 nitrogen and oxygen atoms in total. The number of halogens is 1. The Labute approximate surface area is 77.8 Å². The summed E-state index contributed by atoms with van der Waals surface area (Å²) in [7, 11) is 0. The second kappa shape index (κ2) is 4.43. The predicted octanol–water partition coefficient (Wildman–Crippen LogP) is 2.53. The molecular formula is C9H13ClN2. The molecule has 1 aromatic rings. The Morgan fingerprint density at radius 2 is 2.33 bits per heavy atom. The third-order valence-electron chi connectivity index (χ3n) is 1.73. The van der Waals surface area contributed by atoms with E-state index < -0.39 is 0 Å². The van der Waals surface area contributed by atoms with Gasteiger partial charge in [0, 0.05) is 12.2 Å². The van der Waals surface area contributed by atoms with E-state index in [2.05, 4.69) is 11.9 Å². The van der Waals surface area contributed by atoms with E-state index >= 15 is 0 Å². The predicted molar refractivity (Wildman–Crippen MR) is 51.1 cm³/mol. The van der Waals surface area contributed by atoms with Gasteiger partial charge in [0.1, 0.15) is 0 Å². The van der Waals surface area contributed by atoms with Crippen molar-refractivity contribution in [3.8, 4) is 0 Å². The molecule has 0 fully saturated rings. The normalized spacial score (nSPS) is 12.9. The summed E-state index contributed by atoms with van der Waals surface area (Å²) in [5.74, 6) is 0.